The fraction of sp³-hybridized carbons (Fsp3) is 0.308. The van der Waals surface area contributed by atoms with Gasteiger partial charge >= 0.3 is 51.4 Å². The van der Waals surface area contributed by atoms with Crippen LogP contribution in [0.1, 0.15) is 10.4 Å². The molecule has 0 saturated carbocycles. The van der Waals surface area contributed by atoms with Crippen molar-refractivity contribution in [1.29, 1.82) is 0 Å². The van der Waals surface area contributed by atoms with Crippen LogP contribution in [0, 0.1) is 3.57 Å². The van der Waals surface area contributed by atoms with Crippen molar-refractivity contribution >= 4 is 39.4 Å². The number of hydrogen-bond acceptors (Lipinski definition) is 3. The molecule has 5 nitrogen and oxygen atoms in total. The van der Waals surface area contributed by atoms with Gasteiger partial charge in [0.15, 0.2) is 0 Å². The van der Waals surface area contributed by atoms with Crippen LogP contribution in [-0.2, 0) is 4.74 Å². The maximum Gasteiger partial charge on any atom is 1.00 e. The molecule has 20 heavy (non-hydrogen) atoms. The second-order valence-electron chi connectivity index (χ2n) is 4.30. The Labute approximate surface area is 173 Å². The summed E-state index contributed by atoms with van der Waals surface area (Å²) in [7, 11) is 0. The average Bonchev–Trinajstić information content (AvgIpc) is 2.80. The summed E-state index contributed by atoms with van der Waals surface area (Å²) < 4.78 is 6.43. The molecule has 0 radical (unpaired) electrons. The molecule has 2 N–H and O–H groups in total. The molecule has 0 spiro atoms. The summed E-state index contributed by atoms with van der Waals surface area (Å²) in [5.41, 5.74) is 1.75. The molecule has 1 fully saturated rings. The minimum atomic E-state index is 0. The first-order valence-corrected chi connectivity index (χ1v) is 6.97. The number of rotatable bonds is 1. The molecule has 1 aliphatic heterocycles. The van der Waals surface area contributed by atoms with Crippen molar-refractivity contribution in [1.82, 2.24) is 9.88 Å². The van der Waals surface area contributed by atoms with Crippen LogP contribution >= 0.6 is 22.6 Å². The average molecular weight is 412 g/mol. The smallest absolute Gasteiger partial charge is 0.870 e. The van der Waals surface area contributed by atoms with Crippen molar-refractivity contribution in [3.8, 4) is 0 Å². The molecular formula is C13H14IKN2O3. The number of hydrogen-bond donors (Lipinski definition) is 1. The number of halogens is 1. The number of benzene rings is 1. The number of aromatic amines is 1. The summed E-state index contributed by atoms with van der Waals surface area (Å²) in [4.78, 5) is 17.3. The van der Waals surface area contributed by atoms with Gasteiger partial charge in [-0.15, -0.1) is 0 Å². The quantitative estimate of drug-likeness (QED) is 0.486. The number of H-pyrrole nitrogens is 1. The molecule has 3 rings (SSSR count). The molecule has 0 atom stereocenters. The van der Waals surface area contributed by atoms with Crippen molar-refractivity contribution in [2.45, 2.75) is 0 Å². The summed E-state index contributed by atoms with van der Waals surface area (Å²) in [5, 5.41) is 1.16. The third kappa shape index (κ3) is 3.83. The number of aromatic nitrogens is 1. The van der Waals surface area contributed by atoms with Crippen molar-refractivity contribution < 1.29 is 66.4 Å². The fourth-order valence-corrected chi connectivity index (χ4v) is 2.80. The molecule has 1 saturated heterocycles. The molecule has 2 aromatic rings. The van der Waals surface area contributed by atoms with Crippen molar-refractivity contribution in [2.75, 3.05) is 26.3 Å². The molecular weight excluding hydrogens is 398 g/mol. The van der Waals surface area contributed by atoms with E-state index in [1.54, 1.807) is 0 Å². The van der Waals surface area contributed by atoms with Gasteiger partial charge in [-0.3, -0.25) is 4.79 Å². The zero-order valence-corrected chi connectivity index (χ0v) is 16.5. The van der Waals surface area contributed by atoms with E-state index in [1.807, 2.05) is 29.3 Å². The van der Waals surface area contributed by atoms with Gasteiger partial charge in [0.2, 0.25) is 0 Å². The number of carbonyl (C=O) groups is 1. The minimum absolute atomic E-state index is 0. The van der Waals surface area contributed by atoms with E-state index in [4.69, 9.17) is 4.74 Å². The molecule has 0 unspecified atom stereocenters. The second-order valence-corrected chi connectivity index (χ2v) is 5.46. The van der Waals surface area contributed by atoms with E-state index in [0.29, 0.717) is 26.3 Å². The first-order chi connectivity index (χ1) is 8.75. The predicted octanol–water partition coefficient (Wildman–Crippen LogP) is -0.928. The van der Waals surface area contributed by atoms with E-state index >= 15 is 0 Å². The minimum Gasteiger partial charge on any atom is -0.870 e. The Balaban J connectivity index is 0.000001000. The second kappa shape index (κ2) is 8.23. The standard InChI is InChI=1S/C13H13IN2O2.K.H2O/c14-11-8-15-12-7-9(1-2-10(11)12)13(17)16-3-5-18-6-4-16;;/h1-2,7-8,15H,3-6H2;;1H2/q;+1;/p-1. The Kier molecular flexibility index (Phi) is 7.64. The molecule has 0 bridgehead atoms. The van der Waals surface area contributed by atoms with Gasteiger partial charge < -0.3 is 20.1 Å². The number of nitrogens with zero attached hydrogens (tertiary/aromatic N) is 1. The van der Waals surface area contributed by atoms with E-state index in [-0.39, 0.29) is 62.8 Å². The third-order valence-corrected chi connectivity index (χ3v) is 4.07. The fourth-order valence-electron chi connectivity index (χ4n) is 2.17. The molecule has 1 aromatic carbocycles. The first kappa shape index (κ1) is 18.6. The van der Waals surface area contributed by atoms with Crippen molar-refractivity contribution in [3.63, 3.8) is 0 Å². The van der Waals surface area contributed by atoms with Gasteiger partial charge in [0.05, 0.1) is 13.2 Å². The monoisotopic (exact) mass is 412 g/mol. The van der Waals surface area contributed by atoms with Gasteiger partial charge in [-0.2, -0.15) is 0 Å². The Morgan fingerprint density at radius 2 is 2.00 bits per heavy atom. The normalized spacial score (nSPS) is 14.6. The van der Waals surface area contributed by atoms with E-state index in [1.165, 1.54) is 3.57 Å². The van der Waals surface area contributed by atoms with Gasteiger partial charge in [-0.05, 0) is 34.7 Å². The molecule has 2 heterocycles. The molecule has 0 aliphatic carbocycles. The summed E-state index contributed by atoms with van der Waals surface area (Å²) in [6, 6.07) is 5.83. The Morgan fingerprint density at radius 3 is 2.70 bits per heavy atom. The van der Waals surface area contributed by atoms with E-state index in [2.05, 4.69) is 27.6 Å². The Morgan fingerprint density at radius 1 is 1.30 bits per heavy atom. The van der Waals surface area contributed by atoms with Gasteiger partial charge in [0.1, 0.15) is 0 Å². The van der Waals surface area contributed by atoms with Crippen LogP contribution < -0.4 is 51.4 Å². The maximum absolute atomic E-state index is 12.3. The van der Waals surface area contributed by atoms with Gasteiger partial charge in [0, 0.05) is 39.3 Å². The SMILES string of the molecule is O=C(c1ccc2c(I)c[nH]c2c1)N1CCOCC1.[K+].[OH-]. The topological polar surface area (TPSA) is 75.3 Å². The van der Waals surface area contributed by atoms with E-state index in [0.717, 1.165) is 16.5 Å². The Hall–Kier alpha value is 0.516. The van der Waals surface area contributed by atoms with Crippen LogP contribution in [0.4, 0.5) is 0 Å². The zero-order valence-electron chi connectivity index (χ0n) is 11.2. The zero-order chi connectivity index (χ0) is 12.5. The third-order valence-electron chi connectivity index (χ3n) is 3.18. The van der Waals surface area contributed by atoms with E-state index < -0.39 is 0 Å². The first-order valence-electron chi connectivity index (χ1n) is 5.89. The molecule has 1 aromatic heterocycles. The Bertz CT molecular complexity index is 596. The van der Waals surface area contributed by atoms with Crippen LogP contribution in [0.2, 0.25) is 0 Å². The number of amides is 1. The molecule has 102 valence electrons. The number of morpholine rings is 1. The number of ether oxygens (including phenoxy) is 1. The van der Waals surface area contributed by atoms with Gasteiger partial charge in [0.25, 0.3) is 5.91 Å². The molecule has 1 amide bonds. The van der Waals surface area contributed by atoms with Crippen LogP contribution in [0.5, 0.6) is 0 Å². The molecule has 1 aliphatic rings. The summed E-state index contributed by atoms with van der Waals surface area (Å²) >= 11 is 2.28. The maximum atomic E-state index is 12.3. The molecule has 7 heteroatoms. The number of fused-ring (bicyclic) bond motifs is 1. The van der Waals surface area contributed by atoms with Crippen molar-refractivity contribution in [2.24, 2.45) is 0 Å². The van der Waals surface area contributed by atoms with Crippen LogP contribution in [-0.4, -0.2) is 47.6 Å². The van der Waals surface area contributed by atoms with Gasteiger partial charge in [-0.1, -0.05) is 6.07 Å². The van der Waals surface area contributed by atoms with Crippen molar-refractivity contribution in [3.05, 3.63) is 33.5 Å². The van der Waals surface area contributed by atoms with Crippen LogP contribution in [0.15, 0.2) is 24.4 Å². The number of carbonyl (C=O) groups excluding carboxylic acids is 1. The van der Waals surface area contributed by atoms with Crippen LogP contribution in [0.3, 0.4) is 0 Å². The summed E-state index contributed by atoms with van der Waals surface area (Å²) in [5.74, 6) is 0.0878. The predicted molar refractivity (Wildman–Crippen MR) is 79.7 cm³/mol. The summed E-state index contributed by atoms with van der Waals surface area (Å²) in [6.07, 6.45) is 1.95. The van der Waals surface area contributed by atoms with E-state index in [9.17, 15) is 4.79 Å². The number of nitrogens with one attached hydrogen (secondary N) is 1. The summed E-state index contributed by atoms with van der Waals surface area (Å²) in [6.45, 7) is 2.63. The largest absolute Gasteiger partial charge is 1.00 e. The van der Waals surface area contributed by atoms with Gasteiger partial charge in [-0.25, -0.2) is 0 Å². The van der Waals surface area contributed by atoms with Crippen LogP contribution in [0.25, 0.3) is 10.9 Å².